The Hall–Kier alpha value is -1.13. The largest absolute Gasteiger partial charge is 0.371 e. The zero-order valence-electron chi connectivity index (χ0n) is 13.3. The molecule has 2 heterocycles. The molecule has 0 bridgehead atoms. The molecule has 1 aliphatic heterocycles. The molecule has 4 nitrogen and oxygen atoms in total. The zero-order valence-corrected chi connectivity index (χ0v) is 13.3. The normalized spacial score (nSPS) is 17.2. The molecule has 1 aliphatic rings. The summed E-state index contributed by atoms with van der Waals surface area (Å²) < 4.78 is 0. The molecule has 0 saturated carbocycles. The Balaban J connectivity index is 2.02. The van der Waals surface area contributed by atoms with Gasteiger partial charge in [0.1, 0.15) is 0 Å². The fraction of sp³-hybridized carbons (Fsp3) is 0.688. The van der Waals surface area contributed by atoms with Crippen LogP contribution in [0.3, 0.4) is 0 Å². The molecule has 0 unspecified atom stereocenters. The Morgan fingerprint density at radius 3 is 2.65 bits per heavy atom. The first-order valence-electron chi connectivity index (χ1n) is 7.65. The number of rotatable bonds is 5. The third kappa shape index (κ3) is 3.93. The van der Waals surface area contributed by atoms with Gasteiger partial charge in [0.25, 0.3) is 0 Å². The van der Waals surface area contributed by atoms with Crippen LogP contribution in [0, 0.1) is 0 Å². The van der Waals surface area contributed by atoms with Crippen LogP contribution in [0.25, 0.3) is 0 Å². The number of anilines is 1. The van der Waals surface area contributed by atoms with Crippen LogP contribution in [0.1, 0.15) is 32.3 Å². The highest BCUT2D eigenvalue weighted by atomic mass is 15.2. The van der Waals surface area contributed by atoms with Gasteiger partial charge in [-0.15, -0.1) is 0 Å². The van der Waals surface area contributed by atoms with Crippen LogP contribution in [-0.2, 0) is 6.54 Å². The van der Waals surface area contributed by atoms with Crippen LogP contribution in [0.2, 0.25) is 0 Å². The van der Waals surface area contributed by atoms with Gasteiger partial charge >= 0.3 is 0 Å². The van der Waals surface area contributed by atoms with Crippen LogP contribution in [0.5, 0.6) is 0 Å². The van der Waals surface area contributed by atoms with E-state index in [1.165, 1.54) is 24.1 Å². The quantitative estimate of drug-likeness (QED) is 0.892. The van der Waals surface area contributed by atoms with Gasteiger partial charge in [0.05, 0.1) is 0 Å². The molecule has 112 valence electrons. The summed E-state index contributed by atoms with van der Waals surface area (Å²) in [6.07, 6.45) is 6.40. The van der Waals surface area contributed by atoms with E-state index in [0.717, 1.165) is 25.7 Å². The summed E-state index contributed by atoms with van der Waals surface area (Å²) in [6.45, 7) is 7.54. The van der Waals surface area contributed by atoms with Crippen LogP contribution in [0.15, 0.2) is 18.5 Å². The minimum atomic E-state index is 0.502. The Bertz CT molecular complexity index is 409. The number of piperidine rings is 1. The molecule has 0 spiro atoms. The lowest BCUT2D eigenvalue weighted by Crippen LogP contribution is -2.42. The second kappa shape index (κ2) is 7.04. The number of hydrogen-bond donors (Lipinski definition) is 1. The monoisotopic (exact) mass is 276 g/mol. The van der Waals surface area contributed by atoms with Crippen molar-refractivity contribution in [3.05, 3.63) is 24.0 Å². The summed E-state index contributed by atoms with van der Waals surface area (Å²) in [5, 5.41) is 3.49. The third-order valence-electron chi connectivity index (χ3n) is 4.11. The fourth-order valence-corrected chi connectivity index (χ4v) is 2.80. The molecular weight excluding hydrogens is 248 g/mol. The molecule has 1 aromatic heterocycles. The van der Waals surface area contributed by atoms with Gasteiger partial charge in [0.15, 0.2) is 0 Å². The van der Waals surface area contributed by atoms with Crippen LogP contribution in [-0.4, -0.2) is 49.2 Å². The predicted molar refractivity (Wildman–Crippen MR) is 85.1 cm³/mol. The fourth-order valence-electron chi connectivity index (χ4n) is 2.80. The summed E-state index contributed by atoms with van der Waals surface area (Å²) in [5.74, 6) is 0. The molecule has 1 saturated heterocycles. The van der Waals surface area contributed by atoms with E-state index in [2.05, 4.69) is 54.1 Å². The molecule has 0 aromatic carbocycles. The highest BCUT2D eigenvalue weighted by molar-refractivity contribution is 5.52. The number of nitrogens with zero attached hydrogens (tertiary/aromatic N) is 3. The maximum Gasteiger partial charge on any atom is 0.0442 e. The topological polar surface area (TPSA) is 31.4 Å². The van der Waals surface area contributed by atoms with Gasteiger partial charge in [0, 0.05) is 55.4 Å². The maximum absolute atomic E-state index is 4.29. The molecule has 1 aromatic rings. The molecule has 4 heteroatoms. The lowest BCUT2D eigenvalue weighted by molar-refractivity contribution is 0.249. The zero-order chi connectivity index (χ0) is 14.5. The van der Waals surface area contributed by atoms with Crippen molar-refractivity contribution in [2.45, 2.75) is 45.3 Å². The third-order valence-corrected chi connectivity index (χ3v) is 4.11. The van der Waals surface area contributed by atoms with E-state index in [1.807, 2.05) is 12.4 Å². The second-order valence-corrected chi connectivity index (χ2v) is 6.22. The van der Waals surface area contributed by atoms with E-state index in [4.69, 9.17) is 0 Å². The minimum Gasteiger partial charge on any atom is -0.371 e. The highest BCUT2D eigenvalue weighted by Gasteiger charge is 2.22. The smallest absolute Gasteiger partial charge is 0.0442 e. The summed E-state index contributed by atoms with van der Waals surface area (Å²) in [5.41, 5.74) is 2.66. The number of nitrogens with one attached hydrogen (secondary N) is 1. The van der Waals surface area contributed by atoms with Crippen molar-refractivity contribution in [1.29, 1.82) is 0 Å². The van der Waals surface area contributed by atoms with E-state index in [-0.39, 0.29) is 0 Å². The molecule has 0 radical (unpaired) electrons. The van der Waals surface area contributed by atoms with Crippen molar-refractivity contribution < 1.29 is 0 Å². The molecule has 1 N–H and O–H groups in total. The maximum atomic E-state index is 4.29. The number of hydrogen-bond acceptors (Lipinski definition) is 4. The molecular formula is C16H28N4. The summed E-state index contributed by atoms with van der Waals surface area (Å²) >= 11 is 0. The molecule has 0 amide bonds. The van der Waals surface area contributed by atoms with Crippen molar-refractivity contribution in [3.8, 4) is 0 Å². The summed E-state index contributed by atoms with van der Waals surface area (Å²) in [6, 6.07) is 3.39. The van der Waals surface area contributed by atoms with Crippen molar-refractivity contribution in [1.82, 2.24) is 15.2 Å². The molecule has 0 aliphatic carbocycles. The Morgan fingerprint density at radius 1 is 1.35 bits per heavy atom. The van der Waals surface area contributed by atoms with Crippen LogP contribution in [0.4, 0.5) is 5.69 Å². The highest BCUT2D eigenvalue weighted by Crippen LogP contribution is 2.24. The van der Waals surface area contributed by atoms with Gasteiger partial charge in [0.2, 0.25) is 0 Å². The van der Waals surface area contributed by atoms with Gasteiger partial charge in [-0.2, -0.15) is 0 Å². The molecule has 20 heavy (non-hydrogen) atoms. The van der Waals surface area contributed by atoms with E-state index >= 15 is 0 Å². The van der Waals surface area contributed by atoms with Gasteiger partial charge < -0.3 is 15.1 Å². The Kier molecular flexibility index (Phi) is 5.38. The lowest BCUT2D eigenvalue weighted by atomic mass is 10.0. The van der Waals surface area contributed by atoms with Gasteiger partial charge in [-0.05, 0) is 33.0 Å². The first-order valence-corrected chi connectivity index (χ1v) is 7.65. The SMILES string of the molecule is CC(C)NCc1cnccc1N1CCC(N(C)C)CC1. The standard InChI is InChI=1S/C16H28N4/c1-13(2)18-12-14-11-17-8-5-16(14)20-9-6-15(7-10-20)19(3)4/h5,8,11,13,15,18H,6-7,9-10,12H2,1-4H3. The Labute approximate surface area is 123 Å². The summed E-state index contributed by atoms with van der Waals surface area (Å²) in [4.78, 5) is 9.15. The molecule has 1 fully saturated rings. The first-order chi connectivity index (χ1) is 9.58. The lowest BCUT2D eigenvalue weighted by Gasteiger charge is -2.37. The second-order valence-electron chi connectivity index (χ2n) is 6.22. The van der Waals surface area contributed by atoms with Crippen LogP contribution < -0.4 is 10.2 Å². The van der Waals surface area contributed by atoms with Gasteiger partial charge in [-0.25, -0.2) is 0 Å². The molecule has 2 rings (SSSR count). The first kappa shape index (κ1) is 15.3. The van der Waals surface area contributed by atoms with E-state index < -0.39 is 0 Å². The van der Waals surface area contributed by atoms with Gasteiger partial charge in [-0.3, -0.25) is 4.98 Å². The average Bonchev–Trinajstić information content (AvgIpc) is 2.45. The minimum absolute atomic E-state index is 0.502. The van der Waals surface area contributed by atoms with E-state index in [0.29, 0.717) is 6.04 Å². The van der Waals surface area contributed by atoms with Crippen molar-refractivity contribution in [2.24, 2.45) is 0 Å². The van der Waals surface area contributed by atoms with Crippen molar-refractivity contribution >= 4 is 5.69 Å². The average molecular weight is 276 g/mol. The number of pyridine rings is 1. The van der Waals surface area contributed by atoms with Crippen molar-refractivity contribution in [3.63, 3.8) is 0 Å². The van der Waals surface area contributed by atoms with Crippen molar-refractivity contribution in [2.75, 3.05) is 32.1 Å². The Morgan fingerprint density at radius 2 is 2.05 bits per heavy atom. The molecule has 0 atom stereocenters. The van der Waals surface area contributed by atoms with E-state index in [1.54, 1.807) is 0 Å². The van der Waals surface area contributed by atoms with Crippen LogP contribution >= 0.6 is 0 Å². The number of aromatic nitrogens is 1. The summed E-state index contributed by atoms with van der Waals surface area (Å²) in [7, 11) is 4.37. The van der Waals surface area contributed by atoms with Gasteiger partial charge in [-0.1, -0.05) is 13.8 Å². The predicted octanol–water partition coefficient (Wildman–Crippen LogP) is 2.11. The van der Waals surface area contributed by atoms with E-state index in [9.17, 15) is 0 Å².